The summed E-state index contributed by atoms with van der Waals surface area (Å²) in [5, 5.41) is 0. The zero-order chi connectivity index (χ0) is 16.2. The summed E-state index contributed by atoms with van der Waals surface area (Å²) >= 11 is 0. The SMILES string of the molecule is c1ccc(CP2[C@H](c3ccccc3)CC[C@H]2c2ccccc2)cc1. The molecule has 0 N–H and O–H groups in total. The van der Waals surface area contributed by atoms with Crippen molar-refractivity contribution in [1.29, 1.82) is 0 Å². The second-order valence-corrected chi connectivity index (χ2v) is 9.18. The highest BCUT2D eigenvalue weighted by Crippen LogP contribution is 2.71. The van der Waals surface area contributed by atoms with E-state index >= 15 is 0 Å². The van der Waals surface area contributed by atoms with Gasteiger partial charge in [0.1, 0.15) is 0 Å². The van der Waals surface area contributed by atoms with Gasteiger partial charge in [0.05, 0.1) is 0 Å². The van der Waals surface area contributed by atoms with Crippen molar-refractivity contribution < 1.29 is 0 Å². The fourth-order valence-electron chi connectivity index (χ4n) is 3.95. The predicted octanol–water partition coefficient (Wildman–Crippen LogP) is 6.94. The summed E-state index contributed by atoms with van der Waals surface area (Å²) in [5.41, 5.74) is 6.03. The Hall–Kier alpha value is -1.91. The van der Waals surface area contributed by atoms with Crippen LogP contribution in [0.2, 0.25) is 0 Å². The number of hydrogen-bond donors (Lipinski definition) is 0. The van der Waals surface area contributed by atoms with Gasteiger partial charge in [-0.05, 0) is 35.7 Å². The zero-order valence-electron chi connectivity index (χ0n) is 13.9. The maximum atomic E-state index is 2.33. The van der Waals surface area contributed by atoms with Gasteiger partial charge in [-0.15, -0.1) is 0 Å². The highest BCUT2D eigenvalue weighted by atomic mass is 31.1. The van der Waals surface area contributed by atoms with Gasteiger partial charge in [0, 0.05) is 11.3 Å². The van der Waals surface area contributed by atoms with Gasteiger partial charge >= 0.3 is 0 Å². The summed E-state index contributed by atoms with van der Waals surface area (Å²) in [6.07, 6.45) is 3.87. The lowest BCUT2D eigenvalue weighted by Gasteiger charge is -2.27. The number of rotatable bonds is 4. The topological polar surface area (TPSA) is 0 Å². The van der Waals surface area contributed by atoms with Gasteiger partial charge in [-0.2, -0.15) is 0 Å². The van der Waals surface area contributed by atoms with Crippen LogP contribution in [0.25, 0.3) is 0 Å². The molecule has 0 saturated carbocycles. The molecule has 1 fully saturated rings. The molecule has 0 nitrogen and oxygen atoms in total. The molecule has 1 aliphatic heterocycles. The Kier molecular flexibility index (Phi) is 4.76. The average Bonchev–Trinajstić information content (AvgIpc) is 3.07. The minimum absolute atomic E-state index is 0.101. The van der Waals surface area contributed by atoms with E-state index in [0.29, 0.717) is 0 Å². The van der Waals surface area contributed by atoms with Crippen molar-refractivity contribution in [3.05, 3.63) is 108 Å². The van der Waals surface area contributed by atoms with Crippen molar-refractivity contribution in [2.45, 2.75) is 30.3 Å². The minimum Gasteiger partial charge on any atom is -0.0868 e. The highest BCUT2D eigenvalue weighted by Gasteiger charge is 2.36. The molecular weight excluding hydrogens is 307 g/mol. The summed E-state index contributed by atoms with van der Waals surface area (Å²) in [4.78, 5) is 0. The minimum atomic E-state index is -0.101. The molecule has 24 heavy (non-hydrogen) atoms. The van der Waals surface area contributed by atoms with Gasteiger partial charge in [-0.3, -0.25) is 0 Å². The Morgan fingerprint density at radius 1 is 0.583 bits per heavy atom. The molecule has 0 aliphatic carbocycles. The van der Waals surface area contributed by atoms with E-state index in [0.717, 1.165) is 11.3 Å². The zero-order valence-corrected chi connectivity index (χ0v) is 14.8. The predicted molar refractivity (Wildman–Crippen MR) is 105 cm³/mol. The molecule has 1 heterocycles. The summed E-state index contributed by atoms with van der Waals surface area (Å²) < 4.78 is 0. The molecule has 0 bridgehead atoms. The van der Waals surface area contributed by atoms with Crippen LogP contribution in [0.4, 0.5) is 0 Å². The maximum Gasteiger partial charge on any atom is 0.00506 e. The Bertz CT molecular complexity index is 704. The largest absolute Gasteiger partial charge is 0.0868 e. The summed E-state index contributed by atoms with van der Waals surface area (Å²) in [7, 11) is -0.101. The molecule has 0 aromatic heterocycles. The molecule has 0 amide bonds. The van der Waals surface area contributed by atoms with Crippen LogP contribution in [-0.4, -0.2) is 0 Å². The first kappa shape index (κ1) is 15.6. The summed E-state index contributed by atoms with van der Waals surface area (Å²) in [5.74, 6) is 0. The average molecular weight is 330 g/mol. The Morgan fingerprint density at radius 3 is 1.46 bits per heavy atom. The lowest BCUT2D eigenvalue weighted by Crippen LogP contribution is -1.97. The molecule has 3 aromatic rings. The van der Waals surface area contributed by atoms with Crippen LogP contribution in [0.3, 0.4) is 0 Å². The highest BCUT2D eigenvalue weighted by molar-refractivity contribution is 7.58. The fourth-order valence-corrected chi connectivity index (χ4v) is 7.53. The van der Waals surface area contributed by atoms with Gasteiger partial charge < -0.3 is 0 Å². The van der Waals surface area contributed by atoms with Crippen LogP contribution in [0, 0.1) is 0 Å². The number of benzene rings is 3. The Balaban J connectivity index is 1.67. The maximum absolute atomic E-state index is 2.33. The Morgan fingerprint density at radius 2 is 1.00 bits per heavy atom. The molecule has 4 rings (SSSR count). The summed E-state index contributed by atoms with van der Waals surface area (Å²) in [6, 6.07) is 33.4. The lowest BCUT2D eigenvalue weighted by molar-refractivity contribution is 0.765. The van der Waals surface area contributed by atoms with Gasteiger partial charge in [-0.1, -0.05) is 98.9 Å². The van der Waals surface area contributed by atoms with Crippen molar-refractivity contribution in [2.75, 3.05) is 0 Å². The van der Waals surface area contributed by atoms with Crippen LogP contribution in [0.15, 0.2) is 91.0 Å². The summed E-state index contributed by atoms with van der Waals surface area (Å²) in [6.45, 7) is 0. The molecule has 2 atom stereocenters. The third-order valence-corrected chi connectivity index (χ3v) is 8.54. The second kappa shape index (κ2) is 7.32. The molecule has 3 aromatic carbocycles. The van der Waals surface area contributed by atoms with E-state index in [2.05, 4.69) is 91.0 Å². The standard InChI is InChI=1S/C23H23P/c1-4-10-19(11-5-1)18-24-22(20-12-6-2-7-13-20)16-17-23(24)21-14-8-3-9-15-21/h1-15,22-23H,16-18H2/t22-,23-/m0/s1. The monoisotopic (exact) mass is 330 g/mol. The van der Waals surface area contributed by atoms with Crippen LogP contribution < -0.4 is 0 Å². The first-order valence-electron chi connectivity index (χ1n) is 8.81. The fraction of sp³-hybridized carbons (Fsp3) is 0.217. The smallest absolute Gasteiger partial charge is 0.00506 e. The Labute approximate surface area is 146 Å². The molecule has 1 heteroatoms. The van der Waals surface area contributed by atoms with Gasteiger partial charge in [0.2, 0.25) is 0 Å². The van der Waals surface area contributed by atoms with E-state index in [1.165, 1.54) is 35.7 Å². The van der Waals surface area contributed by atoms with Crippen LogP contribution in [0.1, 0.15) is 40.8 Å². The van der Waals surface area contributed by atoms with E-state index < -0.39 is 0 Å². The normalized spacial score (nSPS) is 21.0. The van der Waals surface area contributed by atoms with Crippen molar-refractivity contribution in [2.24, 2.45) is 0 Å². The van der Waals surface area contributed by atoms with Crippen molar-refractivity contribution >= 4 is 7.92 Å². The van der Waals surface area contributed by atoms with E-state index in [-0.39, 0.29) is 7.92 Å². The first-order valence-corrected chi connectivity index (χ1v) is 10.5. The quantitative estimate of drug-likeness (QED) is 0.454. The van der Waals surface area contributed by atoms with E-state index in [4.69, 9.17) is 0 Å². The molecule has 0 spiro atoms. The second-order valence-electron chi connectivity index (χ2n) is 6.59. The molecule has 1 aliphatic rings. The van der Waals surface area contributed by atoms with E-state index in [1.54, 1.807) is 0 Å². The van der Waals surface area contributed by atoms with Crippen LogP contribution in [0.5, 0.6) is 0 Å². The molecule has 0 unspecified atom stereocenters. The lowest BCUT2D eigenvalue weighted by atomic mass is 10.0. The van der Waals surface area contributed by atoms with E-state index in [1.807, 2.05) is 0 Å². The molecule has 1 saturated heterocycles. The van der Waals surface area contributed by atoms with Crippen molar-refractivity contribution in [1.82, 2.24) is 0 Å². The van der Waals surface area contributed by atoms with Gasteiger partial charge in [0.15, 0.2) is 0 Å². The van der Waals surface area contributed by atoms with Crippen molar-refractivity contribution in [3.63, 3.8) is 0 Å². The van der Waals surface area contributed by atoms with Gasteiger partial charge in [-0.25, -0.2) is 0 Å². The first-order chi connectivity index (χ1) is 11.9. The third-order valence-electron chi connectivity index (χ3n) is 5.09. The number of hydrogen-bond acceptors (Lipinski definition) is 0. The molecule has 0 radical (unpaired) electrons. The van der Waals surface area contributed by atoms with Crippen LogP contribution >= 0.6 is 7.92 Å². The third kappa shape index (κ3) is 3.30. The van der Waals surface area contributed by atoms with Crippen molar-refractivity contribution in [3.8, 4) is 0 Å². The molecule has 120 valence electrons. The van der Waals surface area contributed by atoms with Crippen LogP contribution in [-0.2, 0) is 6.16 Å². The van der Waals surface area contributed by atoms with Gasteiger partial charge in [0.25, 0.3) is 0 Å². The van der Waals surface area contributed by atoms with E-state index in [9.17, 15) is 0 Å². The molecular formula is C23H23P.